The van der Waals surface area contributed by atoms with Crippen molar-refractivity contribution in [2.45, 2.75) is 51.4 Å². The molecule has 1 N–H and O–H groups in total. The van der Waals surface area contributed by atoms with E-state index in [0.29, 0.717) is 46.4 Å². The summed E-state index contributed by atoms with van der Waals surface area (Å²) < 4.78 is 13.6. The molecule has 0 fully saturated rings. The van der Waals surface area contributed by atoms with Crippen LogP contribution in [0.2, 0.25) is 5.02 Å². The maximum absolute atomic E-state index is 13.3. The molecule has 0 saturated heterocycles. The number of esters is 1. The van der Waals surface area contributed by atoms with E-state index in [2.05, 4.69) is 24.1 Å². The molecule has 1 aliphatic rings. The molecule has 4 rings (SSSR count). The minimum absolute atomic E-state index is 0.360. The molecule has 2 heterocycles. The van der Waals surface area contributed by atoms with Gasteiger partial charge in [-0.2, -0.15) is 4.98 Å². The summed E-state index contributed by atoms with van der Waals surface area (Å²) in [7, 11) is 0. The number of ether oxygens (including phenoxy) is 2. The van der Waals surface area contributed by atoms with Crippen LogP contribution in [0.4, 0.5) is 5.95 Å². The Balaban J connectivity index is 1.72. The fraction of sp³-hybridized carbons (Fsp3) is 0.346. The van der Waals surface area contributed by atoms with E-state index in [1.165, 1.54) is 0 Å². The zero-order valence-corrected chi connectivity index (χ0v) is 21.7. The van der Waals surface area contributed by atoms with Crippen molar-refractivity contribution in [3.63, 3.8) is 0 Å². The number of unbranched alkanes of at least 4 members (excludes halogenated alkanes) is 1. The molecule has 9 heteroatoms. The van der Waals surface area contributed by atoms with Crippen LogP contribution in [0.25, 0.3) is 0 Å². The summed E-state index contributed by atoms with van der Waals surface area (Å²) in [5.41, 5.74) is 2.98. The highest BCUT2D eigenvalue weighted by atomic mass is 35.5. The second-order valence-electron chi connectivity index (χ2n) is 8.10. The number of aromatic nitrogens is 3. The number of rotatable bonds is 10. The number of halogens is 1. The first-order valence-electron chi connectivity index (χ1n) is 11.7. The van der Waals surface area contributed by atoms with Crippen molar-refractivity contribution in [1.29, 1.82) is 0 Å². The van der Waals surface area contributed by atoms with E-state index in [1.54, 1.807) is 16.4 Å². The Kier molecular flexibility index (Phi) is 8.36. The van der Waals surface area contributed by atoms with Crippen molar-refractivity contribution < 1.29 is 14.3 Å². The van der Waals surface area contributed by atoms with Gasteiger partial charge in [0.15, 0.2) is 0 Å². The van der Waals surface area contributed by atoms with Crippen LogP contribution in [0.1, 0.15) is 50.8 Å². The average molecular weight is 513 g/mol. The Morgan fingerprint density at radius 2 is 1.94 bits per heavy atom. The Morgan fingerprint density at radius 1 is 1.17 bits per heavy atom. The number of nitrogens with one attached hydrogen (secondary N) is 1. The molecule has 1 unspecified atom stereocenters. The van der Waals surface area contributed by atoms with Gasteiger partial charge in [-0.05, 0) is 42.9 Å². The molecule has 1 atom stereocenters. The molecule has 0 aliphatic carbocycles. The molecule has 0 saturated carbocycles. The van der Waals surface area contributed by atoms with Crippen LogP contribution in [-0.2, 0) is 16.1 Å². The van der Waals surface area contributed by atoms with Gasteiger partial charge in [0.25, 0.3) is 0 Å². The Bertz CT molecular complexity index is 1210. The molecule has 0 spiro atoms. The molecule has 0 bridgehead atoms. The fourth-order valence-electron chi connectivity index (χ4n) is 3.84. The maximum atomic E-state index is 13.3. The van der Waals surface area contributed by atoms with E-state index >= 15 is 0 Å². The summed E-state index contributed by atoms with van der Waals surface area (Å²) in [5.74, 6) is 1.72. The summed E-state index contributed by atoms with van der Waals surface area (Å²) in [6, 6.07) is 14.7. The van der Waals surface area contributed by atoms with Gasteiger partial charge in [-0.15, -0.1) is 5.10 Å². The van der Waals surface area contributed by atoms with Gasteiger partial charge in [-0.1, -0.05) is 74.0 Å². The molecular formula is C26H29ClN4O3S. The van der Waals surface area contributed by atoms with Crippen LogP contribution >= 0.6 is 23.4 Å². The number of hydrogen-bond donors (Lipinski definition) is 1. The van der Waals surface area contributed by atoms with Crippen LogP contribution in [0.5, 0.6) is 5.75 Å². The van der Waals surface area contributed by atoms with Gasteiger partial charge >= 0.3 is 5.97 Å². The van der Waals surface area contributed by atoms with Crippen molar-refractivity contribution in [2.75, 3.05) is 17.7 Å². The molecule has 0 radical (unpaired) electrons. The third-order valence-corrected chi connectivity index (χ3v) is 6.55. The quantitative estimate of drug-likeness (QED) is 0.195. The molecule has 2 aromatic carbocycles. The van der Waals surface area contributed by atoms with Crippen LogP contribution < -0.4 is 10.1 Å². The normalized spacial score (nSPS) is 14.9. The predicted molar refractivity (Wildman–Crippen MR) is 139 cm³/mol. The Hall–Kier alpha value is -2.97. The Morgan fingerprint density at radius 3 is 2.69 bits per heavy atom. The molecule has 7 nitrogen and oxygen atoms in total. The maximum Gasteiger partial charge on any atom is 0.338 e. The number of carbonyl (C=O) groups is 1. The lowest BCUT2D eigenvalue weighted by Crippen LogP contribution is -2.30. The number of allylic oxidation sites excluding steroid dienone is 1. The first kappa shape index (κ1) is 25.1. The van der Waals surface area contributed by atoms with Crippen molar-refractivity contribution in [3.05, 3.63) is 76.0 Å². The molecule has 1 aromatic heterocycles. The van der Waals surface area contributed by atoms with Gasteiger partial charge in [-0.3, -0.25) is 0 Å². The van der Waals surface area contributed by atoms with Crippen molar-refractivity contribution >= 4 is 35.3 Å². The van der Waals surface area contributed by atoms with E-state index in [1.807, 2.05) is 55.5 Å². The number of benzene rings is 2. The fourth-order valence-corrected chi connectivity index (χ4v) is 4.52. The van der Waals surface area contributed by atoms with Crippen LogP contribution in [0.3, 0.4) is 0 Å². The second-order valence-corrected chi connectivity index (χ2v) is 9.77. The minimum Gasteiger partial charge on any atom is -0.489 e. The lowest BCUT2D eigenvalue weighted by molar-refractivity contribution is -0.139. The zero-order valence-electron chi connectivity index (χ0n) is 20.1. The van der Waals surface area contributed by atoms with Crippen molar-refractivity contribution in [1.82, 2.24) is 14.8 Å². The first-order chi connectivity index (χ1) is 17.0. The lowest BCUT2D eigenvalue weighted by atomic mass is 9.95. The van der Waals surface area contributed by atoms with E-state index < -0.39 is 6.04 Å². The van der Waals surface area contributed by atoms with Crippen molar-refractivity contribution in [3.8, 4) is 5.75 Å². The van der Waals surface area contributed by atoms with Gasteiger partial charge < -0.3 is 14.8 Å². The number of nitrogens with zero attached hydrogens (tertiary/aromatic N) is 3. The standard InChI is InChI=1S/C26H29ClN4O3S/c1-4-6-15-33-24(32)22-17(3)28-25-29-26(35-5-2)30-31(25)23(22)20-9-7-8-10-21(20)34-16-18-11-13-19(27)14-12-18/h7-14,23H,4-6,15-16H2,1-3H3,(H,28,29,30). The third kappa shape index (κ3) is 5.82. The van der Waals surface area contributed by atoms with Gasteiger partial charge in [0.2, 0.25) is 11.1 Å². The summed E-state index contributed by atoms with van der Waals surface area (Å²) in [6.45, 7) is 6.71. The number of thioether (sulfide) groups is 1. The smallest absolute Gasteiger partial charge is 0.338 e. The van der Waals surface area contributed by atoms with E-state index in [-0.39, 0.29) is 5.97 Å². The molecule has 3 aromatic rings. The number of hydrogen-bond acceptors (Lipinski definition) is 7. The van der Waals surface area contributed by atoms with E-state index in [9.17, 15) is 4.79 Å². The molecule has 1 aliphatic heterocycles. The second kappa shape index (κ2) is 11.6. The monoisotopic (exact) mass is 512 g/mol. The Labute approximate surface area is 214 Å². The van der Waals surface area contributed by atoms with Crippen LogP contribution in [0.15, 0.2) is 65.0 Å². The highest BCUT2D eigenvalue weighted by Gasteiger charge is 2.36. The SMILES string of the molecule is CCCCOC(=O)C1=C(C)Nc2nc(SCC)nn2C1c1ccccc1OCc1ccc(Cl)cc1. The highest BCUT2D eigenvalue weighted by Crippen LogP contribution is 2.40. The number of carbonyl (C=O) groups excluding carboxylic acids is 1. The van der Waals surface area contributed by atoms with Gasteiger partial charge in [0.1, 0.15) is 18.4 Å². The van der Waals surface area contributed by atoms with Gasteiger partial charge in [0.05, 0.1) is 12.2 Å². The average Bonchev–Trinajstić information content (AvgIpc) is 3.25. The van der Waals surface area contributed by atoms with Gasteiger partial charge in [-0.25, -0.2) is 9.48 Å². The predicted octanol–water partition coefficient (Wildman–Crippen LogP) is 6.25. The summed E-state index contributed by atoms with van der Waals surface area (Å²) in [6.07, 6.45) is 1.75. The molecule has 0 amide bonds. The van der Waals surface area contributed by atoms with Gasteiger partial charge in [0, 0.05) is 16.3 Å². The summed E-state index contributed by atoms with van der Waals surface area (Å²) >= 11 is 7.57. The van der Waals surface area contributed by atoms with Crippen LogP contribution in [0, 0.1) is 0 Å². The van der Waals surface area contributed by atoms with E-state index in [4.69, 9.17) is 26.2 Å². The lowest BCUT2D eigenvalue weighted by Gasteiger charge is -2.29. The van der Waals surface area contributed by atoms with Crippen molar-refractivity contribution in [2.24, 2.45) is 0 Å². The first-order valence-corrected chi connectivity index (χ1v) is 13.1. The zero-order chi connectivity index (χ0) is 24.8. The topological polar surface area (TPSA) is 78.3 Å². The summed E-state index contributed by atoms with van der Waals surface area (Å²) in [5, 5.41) is 9.29. The molecule has 184 valence electrons. The molecule has 35 heavy (non-hydrogen) atoms. The third-order valence-electron chi connectivity index (χ3n) is 5.58. The van der Waals surface area contributed by atoms with Crippen LogP contribution in [-0.4, -0.2) is 33.1 Å². The highest BCUT2D eigenvalue weighted by molar-refractivity contribution is 7.99. The summed E-state index contributed by atoms with van der Waals surface area (Å²) in [4.78, 5) is 17.9. The number of fused-ring (bicyclic) bond motifs is 1. The minimum atomic E-state index is -0.541. The number of para-hydroxylation sites is 1. The van der Waals surface area contributed by atoms with E-state index in [0.717, 1.165) is 29.7 Å². The molecular weight excluding hydrogens is 484 g/mol. The number of anilines is 1. The largest absolute Gasteiger partial charge is 0.489 e.